The van der Waals surface area contributed by atoms with Crippen LogP contribution in [0.25, 0.3) is 6.08 Å². The van der Waals surface area contributed by atoms with Gasteiger partial charge in [0.15, 0.2) is 5.78 Å². The van der Waals surface area contributed by atoms with Crippen LogP contribution in [0.3, 0.4) is 0 Å². The number of ketones is 1. The van der Waals surface area contributed by atoms with Crippen LogP contribution in [-0.2, 0) is 4.74 Å². The number of aromatic hydroxyl groups is 1. The molecular formula is C21H22O4. The number of benzene rings is 2. The average Bonchev–Trinajstić information content (AvgIpc) is 2.59. The monoisotopic (exact) mass is 338 g/mol. The Morgan fingerprint density at radius 1 is 1.24 bits per heavy atom. The van der Waals surface area contributed by atoms with Crippen molar-refractivity contribution in [2.75, 3.05) is 7.11 Å². The second-order valence-corrected chi connectivity index (χ2v) is 6.77. The Morgan fingerprint density at radius 3 is 2.64 bits per heavy atom. The molecule has 2 aromatic carbocycles. The third kappa shape index (κ3) is 3.59. The van der Waals surface area contributed by atoms with E-state index < -0.39 is 5.60 Å². The number of phenols is 1. The molecule has 2 aromatic rings. The average molecular weight is 338 g/mol. The summed E-state index contributed by atoms with van der Waals surface area (Å²) in [4.78, 5) is 12.5. The first-order valence-electron chi connectivity index (χ1n) is 8.26. The molecular weight excluding hydrogens is 316 g/mol. The van der Waals surface area contributed by atoms with Crippen LogP contribution in [0.2, 0.25) is 0 Å². The van der Waals surface area contributed by atoms with Crippen LogP contribution < -0.4 is 4.74 Å². The number of ether oxygens (including phenoxy) is 2. The number of hydrogen-bond donors (Lipinski definition) is 1. The van der Waals surface area contributed by atoms with Crippen LogP contribution in [0, 0.1) is 0 Å². The minimum Gasteiger partial charge on any atom is -0.507 e. The second kappa shape index (κ2) is 6.73. The first kappa shape index (κ1) is 17.2. The number of carbonyl (C=O) groups excluding carboxylic acids is 1. The molecule has 0 saturated heterocycles. The highest BCUT2D eigenvalue weighted by molar-refractivity contribution is 6.09. The first-order valence-corrected chi connectivity index (χ1v) is 8.26. The summed E-state index contributed by atoms with van der Waals surface area (Å²) in [5.41, 5.74) is 1.32. The molecule has 1 heterocycles. The third-order valence-electron chi connectivity index (χ3n) is 4.34. The molecule has 1 N–H and O–H groups in total. The molecule has 130 valence electrons. The highest BCUT2D eigenvalue weighted by Crippen LogP contribution is 2.46. The zero-order valence-electron chi connectivity index (χ0n) is 14.7. The van der Waals surface area contributed by atoms with Crippen molar-refractivity contribution in [2.45, 2.75) is 32.0 Å². The lowest BCUT2D eigenvalue weighted by Crippen LogP contribution is -2.35. The molecule has 0 bridgehead atoms. The predicted molar refractivity (Wildman–Crippen MR) is 97.0 cm³/mol. The molecule has 1 atom stereocenters. The van der Waals surface area contributed by atoms with Gasteiger partial charge in [0.2, 0.25) is 0 Å². The van der Waals surface area contributed by atoms with E-state index in [0.717, 1.165) is 5.56 Å². The molecule has 0 spiro atoms. The molecule has 1 aliphatic rings. The fourth-order valence-corrected chi connectivity index (χ4v) is 3.10. The van der Waals surface area contributed by atoms with Gasteiger partial charge < -0.3 is 14.6 Å². The largest absolute Gasteiger partial charge is 0.507 e. The Kier molecular flexibility index (Phi) is 4.64. The van der Waals surface area contributed by atoms with E-state index in [2.05, 4.69) is 0 Å². The highest BCUT2D eigenvalue weighted by atomic mass is 16.5. The Morgan fingerprint density at radius 2 is 1.96 bits per heavy atom. The topological polar surface area (TPSA) is 55.8 Å². The van der Waals surface area contributed by atoms with Crippen molar-refractivity contribution < 1.29 is 19.4 Å². The fourth-order valence-electron chi connectivity index (χ4n) is 3.10. The summed E-state index contributed by atoms with van der Waals surface area (Å²) < 4.78 is 11.5. The van der Waals surface area contributed by atoms with Crippen LogP contribution in [0.15, 0.2) is 48.5 Å². The van der Waals surface area contributed by atoms with Crippen molar-refractivity contribution in [1.29, 1.82) is 0 Å². The fraction of sp³-hybridized carbons (Fsp3) is 0.286. The molecule has 1 aliphatic heterocycles. The molecule has 0 fully saturated rings. The zero-order chi connectivity index (χ0) is 18.0. The Balaban J connectivity index is 1.94. The molecule has 0 aromatic heterocycles. The van der Waals surface area contributed by atoms with Gasteiger partial charge in [-0.2, -0.15) is 0 Å². The predicted octanol–water partition coefficient (Wildman–Crippen LogP) is 4.54. The van der Waals surface area contributed by atoms with Gasteiger partial charge >= 0.3 is 0 Å². The maximum Gasteiger partial charge on any atom is 0.189 e. The quantitative estimate of drug-likeness (QED) is 0.657. The molecule has 3 rings (SSSR count). The maximum absolute atomic E-state index is 12.5. The van der Waals surface area contributed by atoms with Crippen molar-refractivity contribution in [2.24, 2.45) is 0 Å². The second-order valence-electron chi connectivity index (χ2n) is 6.77. The van der Waals surface area contributed by atoms with Crippen LogP contribution >= 0.6 is 0 Å². The van der Waals surface area contributed by atoms with Crippen molar-refractivity contribution in [3.63, 3.8) is 0 Å². The van der Waals surface area contributed by atoms with Gasteiger partial charge in [-0.15, -0.1) is 0 Å². The number of carbonyl (C=O) groups is 1. The van der Waals surface area contributed by atoms with Crippen LogP contribution in [0.4, 0.5) is 0 Å². The minimum atomic E-state index is -0.390. The van der Waals surface area contributed by atoms with E-state index in [9.17, 15) is 9.90 Å². The Bertz CT molecular complexity index is 806. The first-order chi connectivity index (χ1) is 11.9. The number of hydrogen-bond acceptors (Lipinski definition) is 4. The molecule has 4 nitrogen and oxygen atoms in total. The van der Waals surface area contributed by atoms with Gasteiger partial charge in [-0.05, 0) is 37.6 Å². The molecule has 0 radical (unpaired) electrons. The van der Waals surface area contributed by atoms with E-state index in [1.165, 1.54) is 6.08 Å². The summed E-state index contributed by atoms with van der Waals surface area (Å²) >= 11 is 0. The van der Waals surface area contributed by atoms with Gasteiger partial charge in [-0.1, -0.05) is 36.4 Å². The van der Waals surface area contributed by atoms with Crippen LogP contribution in [0.5, 0.6) is 11.5 Å². The lowest BCUT2D eigenvalue weighted by Gasteiger charge is -2.37. The summed E-state index contributed by atoms with van der Waals surface area (Å²) in [5.74, 6) is 0.232. The van der Waals surface area contributed by atoms with Crippen molar-refractivity contribution >= 4 is 11.9 Å². The standard InChI is InChI=1S/C21H22O4/c1-21(2)13-18(24-3)19-17(25-21)12-10-15(20(19)23)16(22)11-9-14-7-5-4-6-8-14/h4-12,18,23H,13H2,1-3H3. The van der Waals surface area contributed by atoms with Crippen LogP contribution in [0.1, 0.15) is 47.9 Å². The number of fused-ring (bicyclic) bond motifs is 1. The summed E-state index contributed by atoms with van der Waals surface area (Å²) in [6, 6.07) is 12.9. The number of rotatable bonds is 4. The molecule has 0 amide bonds. The lowest BCUT2D eigenvalue weighted by molar-refractivity contribution is -0.0122. The normalized spacial score (nSPS) is 18.6. The van der Waals surface area contributed by atoms with E-state index in [4.69, 9.17) is 9.47 Å². The van der Waals surface area contributed by atoms with E-state index >= 15 is 0 Å². The van der Waals surface area contributed by atoms with Crippen molar-refractivity contribution in [3.8, 4) is 11.5 Å². The molecule has 25 heavy (non-hydrogen) atoms. The summed E-state index contributed by atoms with van der Waals surface area (Å²) in [7, 11) is 1.60. The molecule has 4 heteroatoms. The molecule has 1 unspecified atom stereocenters. The highest BCUT2D eigenvalue weighted by Gasteiger charge is 2.36. The van der Waals surface area contributed by atoms with Gasteiger partial charge in [-0.3, -0.25) is 4.79 Å². The van der Waals surface area contributed by atoms with Crippen molar-refractivity contribution in [1.82, 2.24) is 0 Å². The maximum atomic E-state index is 12.5. The minimum absolute atomic E-state index is 0.0671. The summed E-state index contributed by atoms with van der Waals surface area (Å²) in [6.07, 6.45) is 3.48. The van der Waals surface area contributed by atoms with E-state index in [-0.39, 0.29) is 23.2 Å². The van der Waals surface area contributed by atoms with Gasteiger partial charge in [0.05, 0.1) is 17.2 Å². The summed E-state index contributed by atoms with van der Waals surface area (Å²) in [6.45, 7) is 3.95. The zero-order valence-corrected chi connectivity index (χ0v) is 14.7. The third-order valence-corrected chi connectivity index (χ3v) is 4.34. The summed E-state index contributed by atoms with van der Waals surface area (Å²) in [5, 5.41) is 10.7. The van der Waals surface area contributed by atoms with E-state index in [0.29, 0.717) is 17.7 Å². The molecule has 0 saturated carbocycles. The van der Waals surface area contributed by atoms with Gasteiger partial charge in [0.25, 0.3) is 0 Å². The number of methoxy groups -OCH3 is 1. The van der Waals surface area contributed by atoms with E-state index in [1.54, 1.807) is 25.3 Å². The Hall–Kier alpha value is -2.59. The molecule has 0 aliphatic carbocycles. The van der Waals surface area contributed by atoms with Gasteiger partial charge in [0, 0.05) is 13.5 Å². The Labute approximate surface area is 147 Å². The van der Waals surface area contributed by atoms with Crippen LogP contribution in [-0.4, -0.2) is 23.6 Å². The lowest BCUT2D eigenvalue weighted by atomic mass is 9.89. The number of allylic oxidation sites excluding steroid dienone is 1. The smallest absolute Gasteiger partial charge is 0.189 e. The number of phenolic OH excluding ortho intramolecular Hbond substituents is 1. The SMILES string of the molecule is COC1CC(C)(C)Oc2ccc(C(=O)C=Cc3ccccc3)c(O)c21. The van der Waals surface area contributed by atoms with E-state index in [1.807, 2.05) is 44.2 Å². The van der Waals surface area contributed by atoms with Gasteiger partial charge in [0.1, 0.15) is 17.1 Å². The van der Waals surface area contributed by atoms with Crippen molar-refractivity contribution in [3.05, 3.63) is 65.2 Å². The van der Waals surface area contributed by atoms with Gasteiger partial charge in [-0.25, -0.2) is 0 Å².